The van der Waals surface area contributed by atoms with Crippen LogP contribution in [-0.2, 0) is 14.6 Å². The molecule has 0 atom stereocenters. The Bertz CT molecular complexity index is 669. The van der Waals surface area contributed by atoms with E-state index in [0.717, 1.165) is 0 Å². The highest BCUT2D eigenvalue weighted by molar-refractivity contribution is 7.91. The van der Waals surface area contributed by atoms with Gasteiger partial charge in [-0.1, -0.05) is 24.3 Å². The largest absolute Gasteiger partial charge is 0.461 e. The molecule has 0 saturated carbocycles. The zero-order valence-corrected chi connectivity index (χ0v) is 11.4. The molecule has 6 heteroatoms. The molecule has 0 spiro atoms. The minimum absolute atomic E-state index is 0.0178. The van der Waals surface area contributed by atoms with Crippen molar-refractivity contribution in [3.8, 4) is 0 Å². The summed E-state index contributed by atoms with van der Waals surface area (Å²) in [5, 5.41) is -0.0178. The van der Waals surface area contributed by atoms with Crippen molar-refractivity contribution in [3.63, 3.8) is 0 Å². The third kappa shape index (κ3) is 3.64. The van der Waals surface area contributed by atoms with Gasteiger partial charge in [-0.25, -0.2) is 18.2 Å². The fraction of sp³-hybridized carbons (Fsp3) is 0.143. The number of pyridine rings is 1. The Hall–Kier alpha value is -2.21. The first kappa shape index (κ1) is 14.2. The van der Waals surface area contributed by atoms with E-state index in [2.05, 4.69) is 4.98 Å². The molecule has 2 rings (SSSR count). The van der Waals surface area contributed by atoms with Crippen molar-refractivity contribution < 1.29 is 17.9 Å². The minimum atomic E-state index is -3.53. The number of nitrogens with zero attached hydrogens (tertiary/aromatic N) is 1. The summed E-state index contributed by atoms with van der Waals surface area (Å²) in [5.41, 5.74) is 0.391. The molecule has 0 fully saturated rings. The second-order valence-corrected chi connectivity index (χ2v) is 6.04. The summed E-state index contributed by atoms with van der Waals surface area (Å²) in [4.78, 5) is 15.4. The lowest BCUT2D eigenvalue weighted by atomic mass is 10.2. The van der Waals surface area contributed by atoms with Gasteiger partial charge in [0, 0.05) is 6.20 Å². The molecule has 0 aliphatic carbocycles. The first-order chi connectivity index (χ1) is 9.59. The maximum absolute atomic E-state index is 11.9. The van der Waals surface area contributed by atoms with Crippen LogP contribution in [0.5, 0.6) is 0 Å². The fourth-order valence-corrected chi connectivity index (χ4v) is 2.56. The highest BCUT2D eigenvalue weighted by Gasteiger charge is 2.16. The normalized spacial score (nSPS) is 11.0. The van der Waals surface area contributed by atoms with E-state index in [1.807, 2.05) is 0 Å². The smallest absolute Gasteiger partial charge is 0.338 e. The van der Waals surface area contributed by atoms with Gasteiger partial charge in [-0.05, 0) is 24.3 Å². The third-order valence-electron chi connectivity index (χ3n) is 2.55. The second kappa shape index (κ2) is 6.29. The number of aromatic nitrogens is 1. The van der Waals surface area contributed by atoms with E-state index in [4.69, 9.17) is 4.74 Å². The van der Waals surface area contributed by atoms with Crippen LogP contribution in [0.3, 0.4) is 0 Å². The van der Waals surface area contributed by atoms with Crippen LogP contribution in [0.4, 0.5) is 0 Å². The Labute approximate surface area is 117 Å². The molecule has 0 N–H and O–H groups in total. The highest BCUT2D eigenvalue weighted by atomic mass is 32.2. The Morgan fingerprint density at radius 1 is 1.05 bits per heavy atom. The minimum Gasteiger partial charge on any atom is -0.461 e. The molecular weight excluding hydrogens is 278 g/mol. The number of carbonyl (C=O) groups is 1. The summed E-state index contributed by atoms with van der Waals surface area (Å²) in [6.45, 7) is -0.202. The Morgan fingerprint density at radius 3 is 2.40 bits per heavy atom. The van der Waals surface area contributed by atoms with Gasteiger partial charge >= 0.3 is 5.97 Å². The lowest BCUT2D eigenvalue weighted by Gasteiger charge is -2.05. The van der Waals surface area contributed by atoms with E-state index in [0.29, 0.717) is 5.56 Å². The SMILES string of the molecule is O=C(OCCS(=O)(=O)c1ccccn1)c1ccccc1. The number of rotatable bonds is 5. The predicted octanol–water partition coefficient (Wildman–Crippen LogP) is 1.71. The van der Waals surface area contributed by atoms with Gasteiger partial charge in [-0.15, -0.1) is 0 Å². The molecule has 2 aromatic rings. The van der Waals surface area contributed by atoms with Gasteiger partial charge in [0.2, 0.25) is 0 Å². The monoisotopic (exact) mass is 291 g/mol. The summed E-state index contributed by atoms with van der Waals surface area (Å²) < 4.78 is 28.7. The molecule has 20 heavy (non-hydrogen) atoms. The quantitative estimate of drug-likeness (QED) is 0.784. The molecule has 1 aromatic carbocycles. The molecule has 0 saturated heterocycles. The van der Waals surface area contributed by atoms with Gasteiger partial charge < -0.3 is 4.74 Å². The van der Waals surface area contributed by atoms with Crippen LogP contribution in [-0.4, -0.2) is 31.7 Å². The first-order valence-electron chi connectivity index (χ1n) is 5.95. The van der Waals surface area contributed by atoms with Gasteiger partial charge in [0.15, 0.2) is 14.9 Å². The van der Waals surface area contributed by atoms with Gasteiger partial charge in [0.25, 0.3) is 0 Å². The van der Waals surface area contributed by atoms with E-state index in [-0.39, 0.29) is 17.4 Å². The number of carbonyl (C=O) groups excluding carboxylic acids is 1. The number of esters is 1. The van der Waals surface area contributed by atoms with Crippen LogP contribution in [0, 0.1) is 0 Å². The van der Waals surface area contributed by atoms with Gasteiger partial charge in [-0.3, -0.25) is 0 Å². The molecule has 0 amide bonds. The third-order valence-corrected chi connectivity index (χ3v) is 4.13. The number of hydrogen-bond donors (Lipinski definition) is 0. The van der Waals surface area contributed by atoms with Crippen LogP contribution in [0.15, 0.2) is 59.8 Å². The summed E-state index contributed by atoms with van der Waals surface area (Å²) >= 11 is 0. The molecule has 0 unspecified atom stereocenters. The number of hydrogen-bond acceptors (Lipinski definition) is 5. The van der Waals surface area contributed by atoms with Crippen LogP contribution in [0.2, 0.25) is 0 Å². The van der Waals surface area contributed by atoms with E-state index in [1.54, 1.807) is 42.5 Å². The lowest BCUT2D eigenvalue weighted by molar-refractivity contribution is 0.0529. The zero-order chi connectivity index (χ0) is 14.4. The molecule has 1 aromatic heterocycles. The average molecular weight is 291 g/mol. The van der Waals surface area contributed by atoms with E-state index < -0.39 is 15.8 Å². The standard InChI is InChI=1S/C14H13NO4S/c16-14(12-6-2-1-3-7-12)19-10-11-20(17,18)13-8-4-5-9-15-13/h1-9H,10-11H2. The molecule has 5 nitrogen and oxygen atoms in total. The van der Waals surface area contributed by atoms with Gasteiger partial charge in [0.1, 0.15) is 6.61 Å². The summed E-state index contributed by atoms with van der Waals surface area (Å²) in [6, 6.07) is 13.1. The first-order valence-corrected chi connectivity index (χ1v) is 7.61. The Balaban J connectivity index is 1.92. The van der Waals surface area contributed by atoms with Crippen LogP contribution < -0.4 is 0 Å². The number of ether oxygens (including phenoxy) is 1. The second-order valence-electron chi connectivity index (χ2n) is 3.99. The molecule has 104 valence electrons. The average Bonchev–Trinajstić information content (AvgIpc) is 2.49. The van der Waals surface area contributed by atoms with E-state index in [1.165, 1.54) is 12.3 Å². The summed E-state index contributed by atoms with van der Waals surface area (Å²) in [6.07, 6.45) is 1.41. The van der Waals surface area contributed by atoms with Gasteiger partial charge in [-0.2, -0.15) is 0 Å². The highest BCUT2D eigenvalue weighted by Crippen LogP contribution is 2.07. The zero-order valence-electron chi connectivity index (χ0n) is 10.6. The van der Waals surface area contributed by atoms with Crippen molar-refractivity contribution in [1.82, 2.24) is 4.98 Å². The molecule has 1 heterocycles. The van der Waals surface area contributed by atoms with Crippen LogP contribution >= 0.6 is 0 Å². The van der Waals surface area contributed by atoms with Crippen molar-refractivity contribution >= 4 is 15.8 Å². The summed E-state index contributed by atoms with van der Waals surface area (Å²) in [7, 11) is -3.53. The predicted molar refractivity (Wildman–Crippen MR) is 73.0 cm³/mol. The maximum Gasteiger partial charge on any atom is 0.338 e. The molecule has 0 radical (unpaired) electrons. The fourth-order valence-electron chi connectivity index (χ4n) is 1.54. The lowest BCUT2D eigenvalue weighted by Crippen LogP contribution is -2.16. The molecule has 0 aliphatic rings. The maximum atomic E-state index is 11.9. The van der Waals surface area contributed by atoms with Gasteiger partial charge in [0.05, 0.1) is 11.3 Å². The summed E-state index contributed by atoms with van der Waals surface area (Å²) in [5.74, 6) is -0.829. The van der Waals surface area contributed by atoms with E-state index in [9.17, 15) is 13.2 Å². The molecule has 0 bridgehead atoms. The van der Waals surface area contributed by atoms with Crippen molar-refractivity contribution in [1.29, 1.82) is 0 Å². The topological polar surface area (TPSA) is 73.3 Å². The molecule has 0 aliphatic heterocycles. The van der Waals surface area contributed by atoms with Crippen molar-refractivity contribution in [2.45, 2.75) is 5.03 Å². The Morgan fingerprint density at radius 2 is 1.75 bits per heavy atom. The Kier molecular flexibility index (Phi) is 4.47. The van der Waals surface area contributed by atoms with Crippen LogP contribution in [0.1, 0.15) is 10.4 Å². The van der Waals surface area contributed by atoms with Crippen molar-refractivity contribution in [2.75, 3.05) is 12.4 Å². The van der Waals surface area contributed by atoms with Crippen molar-refractivity contribution in [3.05, 3.63) is 60.3 Å². The number of benzene rings is 1. The van der Waals surface area contributed by atoms with Crippen LogP contribution in [0.25, 0.3) is 0 Å². The molecular formula is C14H13NO4S. The van der Waals surface area contributed by atoms with E-state index >= 15 is 0 Å². The van der Waals surface area contributed by atoms with Crippen molar-refractivity contribution in [2.24, 2.45) is 0 Å². The number of sulfone groups is 1.